The summed E-state index contributed by atoms with van der Waals surface area (Å²) in [5.74, 6) is -1.68. The standard InChI is InChI=1S/C10H18O4.Ni/c1-3-10(4-2,9(13)14)7-5-6-8(11)12;/h3-7H2,1-2H3,(H,11,12)(H,13,14);. The fraction of sp³-hybridized carbons (Fsp3) is 0.800. The van der Waals surface area contributed by atoms with Crippen molar-refractivity contribution < 1.29 is 36.3 Å². The van der Waals surface area contributed by atoms with Crippen molar-refractivity contribution in [3.63, 3.8) is 0 Å². The summed E-state index contributed by atoms with van der Waals surface area (Å²) in [7, 11) is 0. The number of carboxylic acids is 2. The molecule has 2 N–H and O–H groups in total. The van der Waals surface area contributed by atoms with Gasteiger partial charge in [0.05, 0.1) is 5.41 Å². The quantitative estimate of drug-likeness (QED) is 0.688. The largest absolute Gasteiger partial charge is 0.481 e. The smallest absolute Gasteiger partial charge is 0.309 e. The molecule has 0 atom stereocenters. The molecule has 0 fully saturated rings. The number of carboxylic acid groups (broad SMARTS) is 2. The fourth-order valence-corrected chi connectivity index (χ4v) is 1.59. The van der Waals surface area contributed by atoms with Gasteiger partial charge in [0.15, 0.2) is 0 Å². The Morgan fingerprint density at radius 3 is 1.87 bits per heavy atom. The van der Waals surface area contributed by atoms with Gasteiger partial charge in [-0.2, -0.15) is 0 Å². The van der Waals surface area contributed by atoms with E-state index >= 15 is 0 Å². The predicted molar refractivity (Wildman–Crippen MR) is 52.1 cm³/mol. The molecule has 0 unspecified atom stereocenters. The third-order valence-electron chi connectivity index (χ3n) is 2.85. The Kier molecular flexibility index (Phi) is 8.64. The van der Waals surface area contributed by atoms with Crippen LogP contribution in [0.5, 0.6) is 0 Å². The summed E-state index contributed by atoms with van der Waals surface area (Å²) in [6.45, 7) is 3.66. The first-order valence-corrected chi connectivity index (χ1v) is 4.93. The van der Waals surface area contributed by atoms with Crippen LogP contribution >= 0.6 is 0 Å². The van der Waals surface area contributed by atoms with E-state index in [-0.39, 0.29) is 22.9 Å². The summed E-state index contributed by atoms with van der Waals surface area (Å²) < 4.78 is 0. The van der Waals surface area contributed by atoms with Crippen LogP contribution < -0.4 is 0 Å². The van der Waals surface area contributed by atoms with Crippen LogP contribution in [0.25, 0.3) is 0 Å². The molecule has 0 saturated carbocycles. The molecule has 0 aromatic rings. The van der Waals surface area contributed by atoms with Gasteiger partial charge in [-0.1, -0.05) is 13.8 Å². The van der Waals surface area contributed by atoms with Gasteiger partial charge >= 0.3 is 11.9 Å². The van der Waals surface area contributed by atoms with Crippen LogP contribution in [-0.2, 0) is 26.1 Å². The van der Waals surface area contributed by atoms with E-state index < -0.39 is 17.4 Å². The van der Waals surface area contributed by atoms with Gasteiger partial charge in [-0.05, 0) is 25.7 Å². The minimum atomic E-state index is -0.864. The summed E-state index contributed by atoms with van der Waals surface area (Å²) in [5, 5.41) is 17.5. The first-order valence-electron chi connectivity index (χ1n) is 4.93. The average molecular weight is 261 g/mol. The number of hydrogen-bond donors (Lipinski definition) is 2. The van der Waals surface area contributed by atoms with E-state index in [1.165, 1.54) is 0 Å². The molecule has 0 saturated heterocycles. The van der Waals surface area contributed by atoms with E-state index in [1.807, 2.05) is 13.8 Å². The van der Waals surface area contributed by atoms with Crippen molar-refractivity contribution in [3.05, 3.63) is 0 Å². The fourth-order valence-electron chi connectivity index (χ4n) is 1.59. The molecule has 0 spiro atoms. The van der Waals surface area contributed by atoms with Crippen LogP contribution in [0.3, 0.4) is 0 Å². The van der Waals surface area contributed by atoms with E-state index in [9.17, 15) is 9.59 Å². The Bertz CT molecular complexity index is 211. The maximum absolute atomic E-state index is 11.0. The summed E-state index contributed by atoms with van der Waals surface area (Å²) in [6.07, 6.45) is 2.04. The Hall–Kier alpha value is -0.566. The molecule has 0 aliphatic rings. The van der Waals surface area contributed by atoms with E-state index in [1.54, 1.807) is 0 Å². The molecule has 4 nitrogen and oxygen atoms in total. The van der Waals surface area contributed by atoms with Crippen molar-refractivity contribution >= 4 is 11.9 Å². The third-order valence-corrected chi connectivity index (χ3v) is 2.85. The molecule has 0 radical (unpaired) electrons. The van der Waals surface area contributed by atoms with Crippen LogP contribution in [0.15, 0.2) is 0 Å². The van der Waals surface area contributed by atoms with Crippen LogP contribution in [0, 0.1) is 5.41 Å². The maximum atomic E-state index is 11.0. The third kappa shape index (κ3) is 5.17. The summed E-state index contributed by atoms with van der Waals surface area (Å²) in [4.78, 5) is 21.3. The molecule has 0 aliphatic heterocycles. The normalized spacial score (nSPS) is 10.5. The summed E-state index contributed by atoms with van der Waals surface area (Å²) in [6, 6.07) is 0. The number of rotatable bonds is 7. The van der Waals surface area contributed by atoms with E-state index in [0.717, 1.165) is 0 Å². The summed E-state index contributed by atoms with van der Waals surface area (Å²) in [5.41, 5.74) is -0.727. The zero-order valence-corrected chi connectivity index (χ0v) is 10.1. The average Bonchev–Trinajstić information content (AvgIpc) is 2.12. The molecular weight excluding hydrogens is 243 g/mol. The van der Waals surface area contributed by atoms with E-state index in [0.29, 0.717) is 25.7 Å². The van der Waals surface area contributed by atoms with Gasteiger partial charge in [-0.15, -0.1) is 0 Å². The molecule has 15 heavy (non-hydrogen) atoms. The Labute approximate surface area is 100.0 Å². The van der Waals surface area contributed by atoms with Crippen molar-refractivity contribution in [1.29, 1.82) is 0 Å². The van der Waals surface area contributed by atoms with Crippen LogP contribution in [0.4, 0.5) is 0 Å². The molecule has 0 amide bonds. The van der Waals surface area contributed by atoms with Crippen molar-refractivity contribution in [2.75, 3.05) is 0 Å². The van der Waals surface area contributed by atoms with Crippen LogP contribution in [-0.4, -0.2) is 22.2 Å². The SMILES string of the molecule is CCC(CC)(CCCC(=O)O)C(=O)O.[Ni]. The maximum Gasteiger partial charge on any atom is 0.309 e. The van der Waals surface area contributed by atoms with Crippen molar-refractivity contribution in [1.82, 2.24) is 0 Å². The molecule has 0 rings (SSSR count). The van der Waals surface area contributed by atoms with Crippen molar-refractivity contribution in [2.24, 2.45) is 5.41 Å². The molecule has 5 heteroatoms. The van der Waals surface area contributed by atoms with Gasteiger partial charge in [0.2, 0.25) is 0 Å². The first-order chi connectivity index (χ1) is 6.48. The first kappa shape index (κ1) is 16.8. The zero-order valence-electron chi connectivity index (χ0n) is 9.06. The number of hydrogen-bond acceptors (Lipinski definition) is 2. The monoisotopic (exact) mass is 260 g/mol. The van der Waals surface area contributed by atoms with Crippen LogP contribution in [0.1, 0.15) is 46.0 Å². The second kappa shape index (κ2) is 7.69. The molecular formula is C10H18NiO4. The van der Waals surface area contributed by atoms with Crippen molar-refractivity contribution in [2.45, 2.75) is 46.0 Å². The predicted octanol–water partition coefficient (Wildman–Crippen LogP) is 2.13. The molecule has 0 bridgehead atoms. The number of aliphatic carboxylic acids is 2. The topological polar surface area (TPSA) is 74.6 Å². The molecule has 92 valence electrons. The Morgan fingerprint density at radius 2 is 1.60 bits per heavy atom. The van der Waals surface area contributed by atoms with Gasteiger partial charge < -0.3 is 10.2 Å². The van der Waals surface area contributed by atoms with Gasteiger partial charge in [0.25, 0.3) is 0 Å². The second-order valence-electron chi connectivity index (χ2n) is 3.54. The minimum absolute atomic E-state index is 0. The van der Waals surface area contributed by atoms with Crippen molar-refractivity contribution in [3.8, 4) is 0 Å². The van der Waals surface area contributed by atoms with E-state index in [2.05, 4.69) is 0 Å². The van der Waals surface area contributed by atoms with Crippen LogP contribution in [0.2, 0.25) is 0 Å². The van der Waals surface area contributed by atoms with E-state index in [4.69, 9.17) is 10.2 Å². The van der Waals surface area contributed by atoms with Gasteiger partial charge in [-0.25, -0.2) is 0 Å². The molecule has 0 heterocycles. The number of carbonyl (C=O) groups is 2. The zero-order chi connectivity index (χ0) is 11.2. The molecule has 0 aromatic carbocycles. The summed E-state index contributed by atoms with van der Waals surface area (Å²) >= 11 is 0. The van der Waals surface area contributed by atoms with Gasteiger partial charge in [-0.3, -0.25) is 9.59 Å². The minimum Gasteiger partial charge on any atom is -0.481 e. The Balaban J connectivity index is 0. The van der Waals surface area contributed by atoms with Gasteiger partial charge in [0.1, 0.15) is 0 Å². The second-order valence-corrected chi connectivity index (χ2v) is 3.54. The van der Waals surface area contributed by atoms with Gasteiger partial charge in [0, 0.05) is 22.9 Å². The molecule has 0 aromatic heterocycles. The molecule has 0 aliphatic carbocycles. The Morgan fingerprint density at radius 1 is 1.13 bits per heavy atom.